The summed E-state index contributed by atoms with van der Waals surface area (Å²) in [6, 6.07) is 10.2. The minimum absolute atomic E-state index is 0.229. The maximum Gasteiger partial charge on any atom is 0.119 e. The van der Waals surface area contributed by atoms with Gasteiger partial charge in [-0.15, -0.1) is 0 Å². The van der Waals surface area contributed by atoms with E-state index in [2.05, 4.69) is 69.1 Å². The van der Waals surface area contributed by atoms with Crippen LogP contribution in [0.5, 0.6) is 5.75 Å². The Morgan fingerprint density at radius 1 is 1.00 bits per heavy atom. The van der Waals surface area contributed by atoms with Gasteiger partial charge in [-0.25, -0.2) is 0 Å². The summed E-state index contributed by atoms with van der Waals surface area (Å²) < 4.78 is 5.71. The van der Waals surface area contributed by atoms with Crippen molar-refractivity contribution in [1.82, 2.24) is 10.2 Å². The number of nitrogens with one attached hydrogen (secondary N) is 1. The van der Waals surface area contributed by atoms with E-state index in [0.29, 0.717) is 18.1 Å². The summed E-state index contributed by atoms with van der Waals surface area (Å²) >= 11 is 0. The predicted octanol–water partition coefficient (Wildman–Crippen LogP) is 4.00. The maximum atomic E-state index is 5.71. The van der Waals surface area contributed by atoms with Gasteiger partial charge in [0.15, 0.2) is 0 Å². The SMILES string of the molecule is CC(C)Oc1ccc(C(C)NC2CCN(C(C)C)CC2)cc1. The average molecular weight is 304 g/mol. The van der Waals surface area contributed by atoms with E-state index in [4.69, 9.17) is 4.74 Å². The predicted molar refractivity (Wildman–Crippen MR) is 93.5 cm³/mol. The lowest BCUT2D eigenvalue weighted by molar-refractivity contribution is 0.157. The van der Waals surface area contributed by atoms with Crippen molar-refractivity contribution in [3.05, 3.63) is 29.8 Å². The zero-order valence-corrected chi connectivity index (χ0v) is 14.8. The van der Waals surface area contributed by atoms with Gasteiger partial charge in [0, 0.05) is 18.1 Å². The molecule has 0 amide bonds. The molecule has 1 aromatic rings. The van der Waals surface area contributed by atoms with Crippen molar-refractivity contribution in [1.29, 1.82) is 0 Å². The van der Waals surface area contributed by atoms with Crippen LogP contribution >= 0.6 is 0 Å². The van der Waals surface area contributed by atoms with Crippen molar-refractivity contribution in [2.45, 2.75) is 71.7 Å². The quantitative estimate of drug-likeness (QED) is 0.860. The summed E-state index contributed by atoms with van der Waals surface area (Å²) in [4.78, 5) is 2.57. The van der Waals surface area contributed by atoms with Crippen LogP contribution in [0.1, 0.15) is 59.1 Å². The van der Waals surface area contributed by atoms with Gasteiger partial charge in [-0.1, -0.05) is 12.1 Å². The molecule has 0 aliphatic carbocycles. The monoisotopic (exact) mass is 304 g/mol. The fraction of sp³-hybridized carbons (Fsp3) is 0.684. The van der Waals surface area contributed by atoms with E-state index >= 15 is 0 Å². The molecule has 2 rings (SSSR count). The minimum atomic E-state index is 0.229. The Morgan fingerprint density at radius 2 is 1.59 bits per heavy atom. The van der Waals surface area contributed by atoms with E-state index in [9.17, 15) is 0 Å². The van der Waals surface area contributed by atoms with Crippen LogP contribution in [-0.4, -0.2) is 36.2 Å². The van der Waals surface area contributed by atoms with Crippen LogP contribution in [0.25, 0.3) is 0 Å². The van der Waals surface area contributed by atoms with Gasteiger partial charge >= 0.3 is 0 Å². The van der Waals surface area contributed by atoms with E-state index in [0.717, 1.165) is 5.75 Å². The van der Waals surface area contributed by atoms with Crippen LogP contribution in [0.4, 0.5) is 0 Å². The fourth-order valence-electron chi connectivity index (χ4n) is 3.14. The summed E-state index contributed by atoms with van der Waals surface area (Å²) in [5, 5.41) is 3.79. The van der Waals surface area contributed by atoms with E-state index in [1.807, 2.05) is 0 Å². The van der Waals surface area contributed by atoms with Crippen LogP contribution < -0.4 is 10.1 Å². The number of hydrogen-bond acceptors (Lipinski definition) is 3. The van der Waals surface area contributed by atoms with Crippen LogP contribution in [0.2, 0.25) is 0 Å². The Kier molecular flexibility index (Phi) is 6.27. The number of nitrogens with zero attached hydrogens (tertiary/aromatic N) is 1. The third-order valence-corrected chi connectivity index (χ3v) is 4.50. The van der Waals surface area contributed by atoms with Crippen molar-refractivity contribution in [2.24, 2.45) is 0 Å². The molecular formula is C19H32N2O. The first-order chi connectivity index (χ1) is 10.5. The molecule has 0 aromatic heterocycles. The zero-order valence-electron chi connectivity index (χ0n) is 14.8. The van der Waals surface area contributed by atoms with Gasteiger partial charge in [-0.3, -0.25) is 0 Å². The third kappa shape index (κ3) is 4.99. The molecule has 1 aromatic carbocycles. The van der Waals surface area contributed by atoms with Gasteiger partial charge in [0.05, 0.1) is 6.10 Å². The Balaban J connectivity index is 1.83. The van der Waals surface area contributed by atoms with E-state index < -0.39 is 0 Å². The number of hydrogen-bond donors (Lipinski definition) is 1. The number of rotatable bonds is 6. The van der Waals surface area contributed by atoms with Crippen molar-refractivity contribution in [2.75, 3.05) is 13.1 Å². The van der Waals surface area contributed by atoms with Gasteiger partial charge in [0.25, 0.3) is 0 Å². The lowest BCUT2D eigenvalue weighted by atomic mass is 10.0. The molecule has 3 nitrogen and oxygen atoms in total. The summed E-state index contributed by atoms with van der Waals surface area (Å²) in [5.74, 6) is 0.955. The molecule has 0 radical (unpaired) electrons. The molecule has 0 bridgehead atoms. The van der Waals surface area contributed by atoms with Gasteiger partial charge in [-0.05, 0) is 78.2 Å². The average Bonchev–Trinajstić information content (AvgIpc) is 2.48. The Labute approximate surface area is 136 Å². The first kappa shape index (κ1) is 17.3. The highest BCUT2D eigenvalue weighted by Gasteiger charge is 2.22. The van der Waals surface area contributed by atoms with Crippen LogP contribution in [0, 0.1) is 0 Å². The molecule has 1 N–H and O–H groups in total. The lowest BCUT2D eigenvalue weighted by Crippen LogP contribution is -2.45. The number of piperidine rings is 1. The molecule has 1 unspecified atom stereocenters. The highest BCUT2D eigenvalue weighted by atomic mass is 16.5. The van der Waals surface area contributed by atoms with Gasteiger partial charge in [0.1, 0.15) is 5.75 Å². The minimum Gasteiger partial charge on any atom is -0.491 e. The number of likely N-dealkylation sites (tertiary alicyclic amines) is 1. The van der Waals surface area contributed by atoms with E-state index in [1.165, 1.54) is 31.5 Å². The first-order valence-electron chi connectivity index (χ1n) is 8.72. The van der Waals surface area contributed by atoms with Gasteiger partial charge < -0.3 is 15.0 Å². The first-order valence-corrected chi connectivity index (χ1v) is 8.72. The van der Waals surface area contributed by atoms with Crippen LogP contribution in [-0.2, 0) is 0 Å². The molecule has 1 fully saturated rings. The van der Waals surface area contributed by atoms with Crippen molar-refractivity contribution >= 4 is 0 Å². The second kappa shape index (κ2) is 7.98. The molecule has 1 heterocycles. The second-order valence-corrected chi connectivity index (χ2v) is 7.03. The lowest BCUT2D eigenvalue weighted by Gasteiger charge is -2.36. The van der Waals surface area contributed by atoms with Crippen LogP contribution in [0.15, 0.2) is 24.3 Å². The maximum absolute atomic E-state index is 5.71. The number of ether oxygens (including phenoxy) is 1. The molecular weight excluding hydrogens is 272 g/mol. The normalized spacial score (nSPS) is 18.9. The Hall–Kier alpha value is -1.06. The molecule has 1 atom stereocenters. The topological polar surface area (TPSA) is 24.5 Å². The standard InChI is InChI=1S/C19H32N2O/c1-14(2)21-12-10-18(11-13-21)20-16(5)17-6-8-19(9-7-17)22-15(3)4/h6-9,14-16,18,20H,10-13H2,1-5H3. The fourth-order valence-corrected chi connectivity index (χ4v) is 3.14. The van der Waals surface area contributed by atoms with Crippen molar-refractivity contribution < 1.29 is 4.74 Å². The number of benzene rings is 1. The third-order valence-electron chi connectivity index (χ3n) is 4.50. The van der Waals surface area contributed by atoms with Crippen molar-refractivity contribution in [3.63, 3.8) is 0 Å². The van der Waals surface area contributed by atoms with E-state index in [-0.39, 0.29) is 6.10 Å². The van der Waals surface area contributed by atoms with Gasteiger partial charge in [0.2, 0.25) is 0 Å². The largest absolute Gasteiger partial charge is 0.491 e. The zero-order chi connectivity index (χ0) is 16.1. The second-order valence-electron chi connectivity index (χ2n) is 7.03. The molecule has 3 heteroatoms. The molecule has 22 heavy (non-hydrogen) atoms. The molecule has 1 saturated heterocycles. The summed E-state index contributed by atoms with van der Waals surface area (Å²) in [6.07, 6.45) is 2.72. The summed E-state index contributed by atoms with van der Waals surface area (Å²) in [5.41, 5.74) is 1.34. The summed E-state index contributed by atoms with van der Waals surface area (Å²) in [6.45, 7) is 13.4. The highest BCUT2D eigenvalue weighted by Crippen LogP contribution is 2.21. The van der Waals surface area contributed by atoms with E-state index in [1.54, 1.807) is 0 Å². The van der Waals surface area contributed by atoms with Crippen molar-refractivity contribution in [3.8, 4) is 5.75 Å². The summed E-state index contributed by atoms with van der Waals surface area (Å²) in [7, 11) is 0. The smallest absolute Gasteiger partial charge is 0.119 e. The van der Waals surface area contributed by atoms with Gasteiger partial charge in [-0.2, -0.15) is 0 Å². The molecule has 0 saturated carbocycles. The molecule has 124 valence electrons. The molecule has 1 aliphatic rings. The molecule has 0 spiro atoms. The highest BCUT2D eigenvalue weighted by molar-refractivity contribution is 5.29. The Bertz CT molecular complexity index is 433. The molecule has 1 aliphatic heterocycles. The Morgan fingerprint density at radius 3 is 2.09 bits per heavy atom. The van der Waals surface area contributed by atoms with Crippen LogP contribution in [0.3, 0.4) is 0 Å².